The summed E-state index contributed by atoms with van der Waals surface area (Å²) in [5, 5.41) is 1.37. The molecule has 1 heterocycles. The minimum Gasteiger partial charge on any atom is -0.248 e. The Morgan fingerprint density at radius 1 is 1.50 bits per heavy atom. The molecule has 5 heteroatoms. The van der Waals surface area contributed by atoms with Crippen LogP contribution in [0.5, 0.6) is 0 Å². The van der Waals surface area contributed by atoms with E-state index in [4.69, 9.17) is 11.6 Å². The van der Waals surface area contributed by atoms with Crippen molar-refractivity contribution in [2.75, 3.05) is 5.75 Å². The molecule has 1 rings (SSSR count). The molecule has 14 heavy (non-hydrogen) atoms. The van der Waals surface area contributed by atoms with Gasteiger partial charge in [-0.1, -0.05) is 11.6 Å². The van der Waals surface area contributed by atoms with Gasteiger partial charge in [-0.05, 0) is 24.6 Å². The summed E-state index contributed by atoms with van der Waals surface area (Å²) in [7, 11) is 0. The largest absolute Gasteiger partial charge is 0.266 e. The standard InChI is InChI=1S/C9H8ClF2NS/c10-7-3-4-9(13-6-7)14-5-1-2-8(11)12/h2-4,6H,1,5H2. The van der Waals surface area contributed by atoms with E-state index in [1.54, 1.807) is 12.1 Å². The predicted molar refractivity (Wildman–Crippen MR) is 54.9 cm³/mol. The fourth-order valence-electron chi connectivity index (χ4n) is 0.779. The van der Waals surface area contributed by atoms with E-state index in [0.717, 1.165) is 11.1 Å². The number of allylic oxidation sites excluding steroid dienone is 1. The first-order chi connectivity index (χ1) is 6.68. The number of pyridine rings is 1. The SMILES string of the molecule is FC(F)=CCCSc1ccc(Cl)cn1. The number of aromatic nitrogens is 1. The zero-order chi connectivity index (χ0) is 10.4. The summed E-state index contributed by atoms with van der Waals surface area (Å²) in [6.45, 7) is 0. The van der Waals surface area contributed by atoms with E-state index in [-0.39, 0.29) is 0 Å². The van der Waals surface area contributed by atoms with Crippen molar-refractivity contribution in [3.63, 3.8) is 0 Å². The molecule has 0 radical (unpaired) electrons. The summed E-state index contributed by atoms with van der Waals surface area (Å²) in [6.07, 6.45) is 1.16. The van der Waals surface area contributed by atoms with Gasteiger partial charge in [-0.3, -0.25) is 0 Å². The Hall–Kier alpha value is -0.610. The molecule has 0 aliphatic carbocycles. The van der Waals surface area contributed by atoms with E-state index < -0.39 is 6.08 Å². The fraction of sp³-hybridized carbons (Fsp3) is 0.222. The molecular formula is C9H8ClF2NS. The first-order valence-corrected chi connectivity index (χ1v) is 5.30. The topological polar surface area (TPSA) is 12.9 Å². The molecule has 0 saturated heterocycles. The van der Waals surface area contributed by atoms with E-state index in [0.29, 0.717) is 17.2 Å². The third kappa shape index (κ3) is 4.58. The molecule has 0 saturated carbocycles. The minimum absolute atomic E-state index is 0.345. The van der Waals surface area contributed by atoms with Crippen LogP contribution in [0, 0.1) is 0 Å². The molecular weight excluding hydrogens is 228 g/mol. The smallest absolute Gasteiger partial charge is 0.248 e. The lowest BCUT2D eigenvalue weighted by Gasteiger charge is -1.97. The van der Waals surface area contributed by atoms with Gasteiger partial charge in [0.1, 0.15) is 0 Å². The van der Waals surface area contributed by atoms with Gasteiger partial charge in [0.15, 0.2) is 0 Å². The molecule has 0 aromatic carbocycles. The van der Waals surface area contributed by atoms with Crippen LogP contribution < -0.4 is 0 Å². The van der Waals surface area contributed by atoms with E-state index in [2.05, 4.69) is 4.98 Å². The first-order valence-electron chi connectivity index (χ1n) is 3.94. The van der Waals surface area contributed by atoms with Gasteiger partial charge in [-0.25, -0.2) is 4.98 Å². The molecule has 1 aromatic rings. The molecule has 0 atom stereocenters. The van der Waals surface area contributed by atoms with Crippen LogP contribution in [0.25, 0.3) is 0 Å². The molecule has 76 valence electrons. The van der Waals surface area contributed by atoms with Crippen LogP contribution in [0.15, 0.2) is 35.5 Å². The number of halogens is 3. The van der Waals surface area contributed by atoms with Crippen molar-refractivity contribution in [3.05, 3.63) is 35.5 Å². The Balaban J connectivity index is 2.32. The summed E-state index contributed by atoms with van der Waals surface area (Å²) in [6, 6.07) is 3.49. The van der Waals surface area contributed by atoms with Gasteiger partial charge in [0, 0.05) is 11.9 Å². The second-order valence-corrected chi connectivity index (χ2v) is 4.00. The van der Waals surface area contributed by atoms with Crippen molar-refractivity contribution in [1.29, 1.82) is 0 Å². The van der Waals surface area contributed by atoms with Crippen LogP contribution >= 0.6 is 23.4 Å². The quantitative estimate of drug-likeness (QED) is 0.578. The third-order valence-corrected chi connectivity index (χ3v) is 2.57. The van der Waals surface area contributed by atoms with Crippen LogP contribution in [0.4, 0.5) is 8.78 Å². The van der Waals surface area contributed by atoms with E-state index in [1.807, 2.05) is 0 Å². The average Bonchev–Trinajstić information content (AvgIpc) is 2.15. The molecule has 0 amide bonds. The first kappa shape index (κ1) is 11.5. The number of thioether (sulfide) groups is 1. The Labute approximate surface area is 90.2 Å². The molecule has 0 aliphatic rings. The lowest BCUT2D eigenvalue weighted by atomic mass is 10.5. The molecule has 1 aromatic heterocycles. The van der Waals surface area contributed by atoms with Crippen LogP contribution in [-0.2, 0) is 0 Å². The van der Waals surface area contributed by atoms with Crippen LogP contribution in [0.2, 0.25) is 5.02 Å². The maximum Gasteiger partial charge on any atom is 0.266 e. The normalized spacial score (nSPS) is 9.93. The van der Waals surface area contributed by atoms with Gasteiger partial charge in [0.2, 0.25) is 0 Å². The van der Waals surface area contributed by atoms with E-state index in [1.165, 1.54) is 18.0 Å². The average molecular weight is 236 g/mol. The maximum absolute atomic E-state index is 11.6. The molecule has 0 spiro atoms. The van der Waals surface area contributed by atoms with Crippen molar-refractivity contribution >= 4 is 23.4 Å². The number of rotatable bonds is 4. The highest BCUT2D eigenvalue weighted by Crippen LogP contribution is 2.18. The zero-order valence-corrected chi connectivity index (χ0v) is 8.79. The van der Waals surface area contributed by atoms with Crippen molar-refractivity contribution in [2.45, 2.75) is 11.4 Å². The summed E-state index contributed by atoms with van der Waals surface area (Å²) in [5.74, 6) is 0.589. The Bertz CT molecular complexity index is 309. The van der Waals surface area contributed by atoms with Crippen molar-refractivity contribution in [1.82, 2.24) is 4.98 Å². The lowest BCUT2D eigenvalue weighted by Crippen LogP contribution is -1.81. The molecule has 1 nitrogen and oxygen atoms in total. The van der Waals surface area contributed by atoms with Crippen molar-refractivity contribution < 1.29 is 8.78 Å². The van der Waals surface area contributed by atoms with E-state index >= 15 is 0 Å². The number of hydrogen-bond acceptors (Lipinski definition) is 2. The van der Waals surface area contributed by atoms with Crippen molar-refractivity contribution in [2.24, 2.45) is 0 Å². The van der Waals surface area contributed by atoms with Gasteiger partial charge in [0.25, 0.3) is 6.08 Å². The van der Waals surface area contributed by atoms with Gasteiger partial charge in [-0.2, -0.15) is 8.78 Å². The number of hydrogen-bond donors (Lipinski definition) is 0. The second kappa shape index (κ2) is 5.98. The Morgan fingerprint density at radius 3 is 2.86 bits per heavy atom. The van der Waals surface area contributed by atoms with Crippen LogP contribution in [0.3, 0.4) is 0 Å². The summed E-state index contributed by atoms with van der Waals surface area (Å²) in [4.78, 5) is 4.02. The molecule has 0 N–H and O–H groups in total. The highest BCUT2D eigenvalue weighted by atomic mass is 35.5. The Kier molecular flexibility index (Phi) is 4.90. The highest BCUT2D eigenvalue weighted by Gasteiger charge is 1.95. The zero-order valence-electron chi connectivity index (χ0n) is 7.21. The molecule has 0 aliphatic heterocycles. The highest BCUT2D eigenvalue weighted by molar-refractivity contribution is 7.99. The monoisotopic (exact) mass is 235 g/mol. The van der Waals surface area contributed by atoms with E-state index in [9.17, 15) is 8.78 Å². The lowest BCUT2D eigenvalue weighted by molar-refractivity contribution is 0.418. The van der Waals surface area contributed by atoms with Gasteiger partial charge < -0.3 is 0 Å². The number of nitrogens with zero attached hydrogens (tertiary/aromatic N) is 1. The Morgan fingerprint density at radius 2 is 2.29 bits per heavy atom. The molecule has 0 bridgehead atoms. The van der Waals surface area contributed by atoms with Gasteiger partial charge in [-0.15, -0.1) is 11.8 Å². The summed E-state index contributed by atoms with van der Waals surface area (Å²) < 4.78 is 23.3. The summed E-state index contributed by atoms with van der Waals surface area (Å²) in [5.41, 5.74) is 0. The third-order valence-electron chi connectivity index (χ3n) is 1.37. The van der Waals surface area contributed by atoms with Crippen molar-refractivity contribution in [3.8, 4) is 0 Å². The molecule has 0 unspecified atom stereocenters. The maximum atomic E-state index is 11.6. The predicted octanol–water partition coefficient (Wildman–Crippen LogP) is 4.00. The summed E-state index contributed by atoms with van der Waals surface area (Å²) >= 11 is 7.06. The molecule has 0 fully saturated rings. The van der Waals surface area contributed by atoms with Crippen LogP contribution in [0.1, 0.15) is 6.42 Å². The van der Waals surface area contributed by atoms with Gasteiger partial charge in [0.05, 0.1) is 10.0 Å². The second-order valence-electron chi connectivity index (χ2n) is 2.45. The van der Waals surface area contributed by atoms with Gasteiger partial charge >= 0.3 is 0 Å². The fourth-order valence-corrected chi connectivity index (χ4v) is 1.63. The minimum atomic E-state index is -1.63. The van der Waals surface area contributed by atoms with Crippen LogP contribution in [-0.4, -0.2) is 10.7 Å².